The van der Waals surface area contributed by atoms with Crippen molar-refractivity contribution < 1.29 is 4.79 Å². The van der Waals surface area contributed by atoms with E-state index in [-0.39, 0.29) is 5.91 Å². The van der Waals surface area contributed by atoms with Crippen LogP contribution in [0.2, 0.25) is 5.02 Å². The van der Waals surface area contributed by atoms with Crippen molar-refractivity contribution in [2.45, 2.75) is 51.0 Å². The van der Waals surface area contributed by atoms with Gasteiger partial charge in [0.05, 0.1) is 0 Å². The molecular formula is C25H34ClN5O. The Hall–Kier alpha value is -2.05. The number of fused-ring (bicyclic) bond motifs is 1. The maximum Gasteiger partial charge on any atom is 0.274 e. The van der Waals surface area contributed by atoms with Gasteiger partial charge in [-0.2, -0.15) is 5.10 Å². The van der Waals surface area contributed by atoms with Crippen LogP contribution in [0, 0.1) is 0 Å². The Morgan fingerprint density at radius 2 is 1.78 bits per heavy atom. The van der Waals surface area contributed by atoms with Crippen LogP contribution in [0.15, 0.2) is 24.3 Å². The van der Waals surface area contributed by atoms with Gasteiger partial charge in [0.25, 0.3) is 5.91 Å². The number of piperazine rings is 1. The fourth-order valence-corrected chi connectivity index (χ4v) is 5.88. The molecule has 2 aromatic rings. The number of nitrogens with zero attached hydrogens (tertiary/aromatic N) is 5. The molecule has 0 radical (unpaired) electrons. The molecule has 1 amide bonds. The normalized spacial score (nSPS) is 22.5. The molecule has 172 valence electrons. The number of hydrogen-bond acceptors (Lipinski definition) is 4. The number of rotatable bonds is 3. The molecule has 1 aromatic heterocycles. The van der Waals surface area contributed by atoms with Crippen molar-refractivity contribution in [1.29, 1.82) is 0 Å². The van der Waals surface area contributed by atoms with Crippen LogP contribution < -0.4 is 4.90 Å². The molecule has 2 fully saturated rings. The van der Waals surface area contributed by atoms with E-state index in [1.165, 1.54) is 29.8 Å². The maximum absolute atomic E-state index is 13.4. The standard InChI is InChI=1S/C25H34ClN5O/c1-28-23-10-9-21(30-15-13-29(14-16-30)20-8-6-7-19(26)17-20)18-22(23)24(27-28)25(32)31-11-4-2-3-5-12-31/h6-8,17,21H,2-5,9-16,18H2,1H3/t21-/m0/s1. The third-order valence-electron chi connectivity index (χ3n) is 7.53. The first kappa shape index (κ1) is 21.8. The number of amides is 1. The molecule has 5 rings (SSSR count). The molecule has 1 atom stereocenters. The van der Waals surface area contributed by atoms with Gasteiger partial charge in [-0.05, 0) is 50.3 Å². The topological polar surface area (TPSA) is 44.6 Å². The molecular weight excluding hydrogens is 422 g/mol. The fraction of sp³-hybridized carbons (Fsp3) is 0.600. The SMILES string of the molecule is Cn1nc(C(=O)N2CCCCCC2)c2c1CC[C@H](N1CCN(c3cccc(Cl)c3)CC1)C2. The number of aryl methyl sites for hydroxylation is 1. The number of hydrogen-bond donors (Lipinski definition) is 0. The van der Waals surface area contributed by atoms with E-state index < -0.39 is 0 Å². The van der Waals surface area contributed by atoms with Crippen LogP contribution in [-0.2, 0) is 19.9 Å². The minimum absolute atomic E-state index is 0.148. The lowest BCUT2D eigenvalue weighted by Crippen LogP contribution is -2.52. The van der Waals surface area contributed by atoms with E-state index >= 15 is 0 Å². The Morgan fingerprint density at radius 3 is 2.50 bits per heavy atom. The molecule has 6 nitrogen and oxygen atoms in total. The number of halogens is 1. The van der Waals surface area contributed by atoms with Gasteiger partial charge in [0.2, 0.25) is 0 Å². The summed E-state index contributed by atoms with van der Waals surface area (Å²) in [4.78, 5) is 20.5. The first-order valence-corrected chi connectivity index (χ1v) is 12.6. The van der Waals surface area contributed by atoms with Crippen LogP contribution in [0.3, 0.4) is 0 Å². The van der Waals surface area contributed by atoms with Gasteiger partial charge in [0.15, 0.2) is 5.69 Å². The van der Waals surface area contributed by atoms with Crippen LogP contribution >= 0.6 is 11.6 Å². The average Bonchev–Trinajstić information content (AvgIpc) is 2.98. The molecule has 3 heterocycles. The third kappa shape index (κ3) is 4.40. The predicted molar refractivity (Wildman–Crippen MR) is 129 cm³/mol. The molecule has 0 saturated carbocycles. The first-order valence-electron chi connectivity index (χ1n) is 12.2. The summed E-state index contributed by atoms with van der Waals surface area (Å²) in [5.41, 5.74) is 4.39. The summed E-state index contributed by atoms with van der Waals surface area (Å²) >= 11 is 6.19. The molecule has 1 aliphatic carbocycles. The van der Waals surface area contributed by atoms with Gasteiger partial charge in [0, 0.05) is 74.3 Å². The van der Waals surface area contributed by atoms with Crippen molar-refractivity contribution in [1.82, 2.24) is 19.6 Å². The number of carbonyl (C=O) groups excluding carboxylic acids is 1. The Balaban J connectivity index is 1.27. The van der Waals surface area contributed by atoms with E-state index in [0.29, 0.717) is 11.7 Å². The van der Waals surface area contributed by atoms with Crippen LogP contribution in [0.25, 0.3) is 0 Å². The Bertz CT molecular complexity index is 957. The van der Waals surface area contributed by atoms with E-state index in [1.807, 2.05) is 28.8 Å². The Morgan fingerprint density at radius 1 is 1.03 bits per heavy atom. The van der Waals surface area contributed by atoms with Crippen LogP contribution in [0.1, 0.15) is 53.8 Å². The van der Waals surface area contributed by atoms with Gasteiger partial charge in [-0.3, -0.25) is 14.4 Å². The highest BCUT2D eigenvalue weighted by molar-refractivity contribution is 6.30. The quantitative estimate of drug-likeness (QED) is 0.706. The Labute approximate surface area is 196 Å². The summed E-state index contributed by atoms with van der Waals surface area (Å²) in [6.07, 6.45) is 7.77. The van der Waals surface area contributed by atoms with E-state index in [4.69, 9.17) is 16.7 Å². The highest BCUT2D eigenvalue weighted by Crippen LogP contribution is 2.30. The molecule has 7 heteroatoms. The number of likely N-dealkylation sites (tertiary alicyclic amines) is 1. The van der Waals surface area contributed by atoms with Crippen molar-refractivity contribution in [2.75, 3.05) is 44.2 Å². The van der Waals surface area contributed by atoms with Crippen molar-refractivity contribution in [2.24, 2.45) is 7.05 Å². The van der Waals surface area contributed by atoms with E-state index in [0.717, 1.165) is 76.4 Å². The largest absolute Gasteiger partial charge is 0.369 e. The average molecular weight is 456 g/mol. The summed E-state index contributed by atoms with van der Waals surface area (Å²) < 4.78 is 1.97. The number of carbonyl (C=O) groups is 1. The smallest absolute Gasteiger partial charge is 0.274 e. The minimum atomic E-state index is 0.148. The lowest BCUT2D eigenvalue weighted by Gasteiger charge is -2.41. The van der Waals surface area contributed by atoms with E-state index in [1.54, 1.807) is 0 Å². The van der Waals surface area contributed by atoms with Crippen molar-refractivity contribution >= 4 is 23.2 Å². The van der Waals surface area contributed by atoms with Gasteiger partial charge in [-0.15, -0.1) is 0 Å². The van der Waals surface area contributed by atoms with E-state index in [9.17, 15) is 4.79 Å². The second-order valence-electron chi connectivity index (χ2n) is 9.50. The lowest BCUT2D eigenvalue weighted by atomic mass is 9.89. The molecule has 32 heavy (non-hydrogen) atoms. The molecule has 3 aliphatic rings. The van der Waals surface area contributed by atoms with Gasteiger partial charge < -0.3 is 9.80 Å². The first-order chi connectivity index (χ1) is 15.6. The molecule has 0 unspecified atom stereocenters. The van der Waals surface area contributed by atoms with Crippen molar-refractivity contribution in [3.05, 3.63) is 46.2 Å². The molecule has 0 N–H and O–H groups in total. The molecule has 1 aromatic carbocycles. The van der Waals surface area contributed by atoms with Crippen molar-refractivity contribution in [3.8, 4) is 0 Å². The number of benzene rings is 1. The highest BCUT2D eigenvalue weighted by atomic mass is 35.5. The summed E-state index contributed by atoms with van der Waals surface area (Å²) in [5, 5.41) is 5.52. The summed E-state index contributed by atoms with van der Waals surface area (Å²) in [6, 6.07) is 8.65. The summed E-state index contributed by atoms with van der Waals surface area (Å²) in [6.45, 7) is 5.86. The second-order valence-corrected chi connectivity index (χ2v) is 9.94. The van der Waals surface area contributed by atoms with Gasteiger partial charge in [-0.1, -0.05) is 30.5 Å². The van der Waals surface area contributed by atoms with Crippen LogP contribution in [0.5, 0.6) is 0 Å². The van der Waals surface area contributed by atoms with Gasteiger partial charge in [-0.25, -0.2) is 0 Å². The van der Waals surface area contributed by atoms with Gasteiger partial charge in [0.1, 0.15) is 0 Å². The zero-order chi connectivity index (χ0) is 22.1. The predicted octanol–water partition coefficient (Wildman–Crippen LogP) is 3.77. The van der Waals surface area contributed by atoms with Crippen molar-refractivity contribution in [3.63, 3.8) is 0 Å². The van der Waals surface area contributed by atoms with Gasteiger partial charge >= 0.3 is 0 Å². The number of aromatic nitrogens is 2. The fourth-order valence-electron chi connectivity index (χ4n) is 5.70. The minimum Gasteiger partial charge on any atom is -0.369 e. The summed E-state index contributed by atoms with van der Waals surface area (Å²) in [5.74, 6) is 0.148. The lowest BCUT2D eigenvalue weighted by molar-refractivity contribution is 0.0753. The third-order valence-corrected chi connectivity index (χ3v) is 7.76. The van der Waals surface area contributed by atoms with Crippen LogP contribution in [-0.4, -0.2) is 70.8 Å². The van der Waals surface area contributed by atoms with Crippen LogP contribution in [0.4, 0.5) is 5.69 Å². The molecule has 0 spiro atoms. The second kappa shape index (κ2) is 9.44. The Kier molecular flexibility index (Phi) is 6.42. The number of anilines is 1. The monoisotopic (exact) mass is 455 g/mol. The zero-order valence-corrected chi connectivity index (χ0v) is 19.9. The maximum atomic E-state index is 13.4. The summed E-state index contributed by atoms with van der Waals surface area (Å²) in [7, 11) is 2.00. The van der Waals surface area contributed by atoms with E-state index in [2.05, 4.69) is 21.9 Å². The molecule has 2 aliphatic heterocycles. The highest BCUT2D eigenvalue weighted by Gasteiger charge is 2.33. The molecule has 0 bridgehead atoms. The molecule has 2 saturated heterocycles. The zero-order valence-electron chi connectivity index (χ0n) is 19.1.